The Hall–Kier alpha value is 0.310. The highest BCUT2D eigenvalue weighted by molar-refractivity contribution is 7.99. The van der Waals surface area contributed by atoms with Gasteiger partial charge in [0.05, 0.1) is 0 Å². The smallest absolute Gasteiger partial charge is 0.00727 e. The van der Waals surface area contributed by atoms with E-state index in [-0.39, 0.29) is 0 Å². The molecule has 1 saturated heterocycles. The Morgan fingerprint density at radius 2 is 1.78 bits per heavy atom. The van der Waals surface area contributed by atoms with Crippen molar-refractivity contribution in [3.8, 4) is 0 Å². The molecule has 0 N–H and O–H groups in total. The quantitative estimate of drug-likeness (QED) is 0.662. The van der Waals surface area contributed by atoms with Gasteiger partial charge in [-0.2, -0.15) is 11.8 Å². The molecule has 0 bridgehead atoms. The highest BCUT2D eigenvalue weighted by Gasteiger charge is 2.15. The second kappa shape index (κ2) is 8.47. The molecule has 2 heteroatoms. The second-order valence-corrected chi connectivity index (χ2v) is 8.19. The maximum absolute atomic E-state index is 2.66. The zero-order valence-electron chi connectivity index (χ0n) is 13.0. The van der Waals surface area contributed by atoms with Crippen LogP contribution in [0.15, 0.2) is 0 Å². The first-order valence-corrected chi connectivity index (χ1v) is 8.97. The van der Waals surface area contributed by atoms with Gasteiger partial charge in [0, 0.05) is 24.6 Å². The van der Waals surface area contributed by atoms with E-state index in [1.54, 1.807) is 0 Å². The van der Waals surface area contributed by atoms with Crippen LogP contribution in [0.25, 0.3) is 0 Å². The van der Waals surface area contributed by atoms with Crippen molar-refractivity contribution in [2.75, 3.05) is 31.1 Å². The SMILES string of the molecule is CC[C@@H](CCCN1CCSCC1)CCC(C)(C)C. The highest BCUT2D eigenvalue weighted by atomic mass is 32.2. The molecule has 1 rings (SSSR count). The Balaban J connectivity index is 2.10. The Bertz CT molecular complexity index is 204. The first kappa shape index (κ1) is 16.4. The summed E-state index contributed by atoms with van der Waals surface area (Å²) in [7, 11) is 0. The maximum atomic E-state index is 2.66. The molecule has 1 atom stereocenters. The monoisotopic (exact) mass is 271 g/mol. The first-order valence-electron chi connectivity index (χ1n) is 7.81. The topological polar surface area (TPSA) is 3.24 Å². The Morgan fingerprint density at radius 1 is 1.11 bits per heavy atom. The van der Waals surface area contributed by atoms with Crippen LogP contribution in [0.4, 0.5) is 0 Å². The zero-order chi connectivity index (χ0) is 13.4. The van der Waals surface area contributed by atoms with Gasteiger partial charge in [-0.15, -0.1) is 0 Å². The molecule has 0 spiro atoms. The molecule has 1 nitrogen and oxygen atoms in total. The van der Waals surface area contributed by atoms with Gasteiger partial charge in [-0.05, 0) is 43.6 Å². The van der Waals surface area contributed by atoms with Crippen molar-refractivity contribution in [3.05, 3.63) is 0 Å². The van der Waals surface area contributed by atoms with Crippen LogP contribution in [0.3, 0.4) is 0 Å². The Labute approximate surface area is 119 Å². The molecule has 1 aliphatic heterocycles. The minimum Gasteiger partial charge on any atom is -0.302 e. The normalized spacial score (nSPS) is 20.0. The van der Waals surface area contributed by atoms with E-state index in [2.05, 4.69) is 44.4 Å². The summed E-state index contributed by atoms with van der Waals surface area (Å²) in [6.07, 6.45) is 7.02. The molecule has 0 aromatic heterocycles. The molecule has 1 fully saturated rings. The Morgan fingerprint density at radius 3 is 2.33 bits per heavy atom. The van der Waals surface area contributed by atoms with E-state index in [0.717, 1.165) is 5.92 Å². The summed E-state index contributed by atoms with van der Waals surface area (Å²) in [6.45, 7) is 13.5. The lowest BCUT2D eigenvalue weighted by Gasteiger charge is -2.27. The van der Waals surface area contributed by atoms with Crippen LogP contribution in [-0.4, -0.2) is 36.0 Å². The number of rotatable bonds is 7. The van der Waals surface area contributed by atoms with Crippen molar-refractivity contribution in [2.45, 2.75) is 59.8 Å². The molecule has 18 heavy (non-hydrogen) atoms. The largest absolute Gasteiger partial charge is 0.302 e. The fourth-order valence-corrected chi connectivity index (χ4v) is 3.60. The van der Waals surface area contributed by atoms with Crippen LogP contribution in [0.5, 0.6) is 0 Å². The van der Waals surface area contributed by atoms with Crippen LogP contribution in [0, 0.1) is 11.3 Å². The van der Waals surface area contributed by atoms with Gasteiger partial charge in [0.25, 0.3) is 0 Å². The van der Waals surface area contributed by atoms with Gasteiger partial charge in [-0.25, -0.2) is 0 Å². The minimum absolute atomic E-state index is 0.511. The predicted molar refractivity (Wildman–Crippen MR) is 85.5 cm³/mol. The summed E-state index contributed by atoms with van der Waals surface area (Å²) in [6, 6.07) is 0. The molecule has 0 aromatic carbocycles. The molecule has 0 unspecified atom stereocenters. The van der Waals surface area contributed by atoms with Crippen molar-refractivity contribution in [3.63, 3.8) is 0 Å². The van der Waals surface area contributed by atoms with Crippen molar-refractivity contribution in [1.29, 1.82) is 0 Å². The van der Waals surface area contributed by atoms with Gasteiger partial charge < -0.3 is 4.90 Å². The third kappa shape index (κ3) is 7.68. The van der Waals surface area contributed by atoms with Gasteiger partial charge in [0.15, 0.2) is 0 Å². The van der Waals surface area contributed by atoms with E-state index in [1.807, 2.05) is 0 Å². The number of nitrogens with zero attached hydrogens (tertiary/aromatic N) is 1. The van der Waals surface area contributed by atoms with E-state index in [1.165, 1.54) is 63.2 Å². The number of hydrogen-bond acceptors (Lipinski definition) is 2. The van der Waals surface area contributed by atoms with Gasteiger partial charge in [-0.1, -0.05) is 34.1 Å². The van der Waals surface area contributed by atoms with Crippen molar-refractivity contribution in [1.82, 2.24) is 4.90 Å². The van der Waals surface area contributed by atoms with Crippen LogP contribution in [0.2, 0.25) is 0 Å². The fourth-order valence-electron chi connectivity index (χ4n) is 2.62. The molecule has 0 aromatic rings. The number of thioether (sulfide) groups is 1. The lowest BCUT2D eigenvalue weighted by Crippen LogP contribution is -2.33. The lowest BCUT2D eigenvalue weighted by molar-refractivity contribution is 0.266. The van der Waals surface area contributed by atoms with Crippen LogP contribution >= 0.6 is 11.8 Å². The van der Waals surface area contributed by atoms with Crippen molar-refractivity contribution < 1.29 is 0 Å². The summed E-state index contributed by atoms with van der Waals surface area (Å²) < 4.78 is 0. The summed E-state index contributed by atoms with van der Waals surface area (Å²) >= 11 is 2.11. The summed E-state index contributed by atoms with van der Waals surface area (Å²) in [5, 5.41) is 0. The van der Waals surface area contributed by atoms with Crippen LogP contribution < -0.4 is 0 Å². The van der Waals surface area contributed by atoms with Crippen molar-refractivity contribution in [2.24, 2.45) is 11.3 Å². The van der Waals surface area contributed by atoms with Gasteiger partial charge in [-0.3, -0.25) is 0 Å². The average Bonchev–Trinajstić information content (AvgIpc) is 2.33. The molecular weight excluding hydrogens is 238 g/mol. The van der Waals surface area contributed by atoms with E-state index in [9.17, 15) is 0 Å². The maximum Gasteiger partial charge on any atom is 0.00727 e. The number of hydrogen-bond donors (Lipinski definition) is 0. The molecule has 1 aliphatic rings. The van der Waals surface area contributed by atoms with Gasteiger partial charge >= 0.3 is 0 Å². The van der Waals surface area contributed by atoms with E-state index >= 15 is 0 Å². The van der Waals surface area contributed by atoms with E-state index < -0.39 is 0 Å². The first-order chi connectivity index (χ1) is 8.51. The molecule has 108 valence electrons. The second-order valence-electron chi connectivity index (χ2n) is 6.97. The van der Waals surface area contributed by atoms with Crippen LogP contribution in [-0.2, 0) is 0 Å². The van der Waals surface area contributed by atoms with Crippen LogP contribution in [0.1, 0.15) is 59.8 Å². The minimum atomic E-state index is 0.511. The molecule has 0 saturated carbocycles. The summed E-state index contributed by atoms with van der Waals surface area (Å²) in [5.74, 6) is 3.66. The molecule has 0 aliphatic carbocycles. The summed E-state index contributed by atoms with van der Waals surface area (Å²) in [4.78, 5) is 2.66. The average molecular weight is 272 g/mol. The van der Waals surface area contributed by atoms with Crippen molar-refractivity contribution >= 4 is 11.8 Å². The molecule has 0 radical (unpaired) electrons. The standard InChI is InChI=1S/C16H33NS/c1-5-15(8-9-16(2,3)4)7-6-10-17-11-13-18-14-12-17/h15H,5-14H2,1-4H3/t15-/m0/s1. The lowest BCUT2D eigenvalue weighted by atomic mass is 9.84. The fraction of sp³-hybridized carbons (Fsp3) is 1.00. The van der Waals surface area contributed by atoms with Gasteiger partial charge in [0.2, 0.25) is 0 Å². The van der Waals surface area contributed by atoms with E-state index in [0.29, 0.717) is 5.41 Å². The molecular formula is C16H33NS. The third-order valence-corrected chi connectivity index (χ3v) is 5.01. The highest BCUT2D eigenvalue weighted by Crippen LogP contribution is 2.27. The molecule has 1 heterocycles. The summed E-state index contributed by atoms with van der Waals surface area (Å²) in [5.41, 5.74) is 0.511. The van der Waals surface area contributed by atoms with E-state index in [4.69, 9.17) is 0 Å². The zero-order valence-corrected chi connectivity index (χ0v) is 13.8. The molecule has 0 amide bonds. The van der Waals surface area contributed by atoms with Gasteiger partial charge in [0.1, 0.15) is 0 Å². The third-order valence-electron chi connectivity index (χ3n) is 4.07. The Kier molecular flexibility index (Phi) is 7.70. The predicted octanol–water partition coefficient (Wildman–Crippen LogP) is 4.67.